The molecular formula is C16H21N5O3S. The summed E-state index contributed by atoms with van der Waals surface area (Å²) in [5, 5.41) is 9.44. The van der Waals surface area contributed by atoms with Gasteiger partial charge >= 0.3 is 0 Å². The van der Waals surface area contributed by atoms with Gasteiger partial charge in [-0.3, -0.25) is 9.69 Å². The summed E-state index contributed by atoms with van der Waals surface area (Å²) in [6.07, 6.45) is 2.25. The highest BCUT2D eigenvalue weighted by molar-refractivity contribution is 7.13. The van der Waals surface area contributed by atoms with Crippen molar-refractivity contribution >= 4 is 22.4 Å². The number of aromatic nitrogens is 3. The number of carbonyl (C=O) groups excluding carboxylic acids is 1. The Kier molecular flexibility index (Phi) is 4.53. The van der Waals surface area contributed by atoms with Crippen molar-refractivity contribution in [3.05, 3.63) is 22.8 Å². The summed E-state index contributed by atoms with van der Waals surface area (Å²) in [4.78, 5) is 22.5. The fourth-order valence-electron chi connectivity index (χ4n) is 3.09. The molecule has 1 N–H and O–H groups in total. The second-order valence-corrected chi connectivity index (χ2v) is 7.44. The van der Waals surface area contributed by atoms with E-state index < -0.39 is 0 Å². The molecule has 0 aromatic carbocycles. The number of rotatable bonds is 5. The maximum absolute atomic E-state index is 11.2. The molecule has 2 aromatic rings. The van der Waals surface area contributed by atoms with Gasteiger partial charge in [0.25, 0.3) is 0 Å². The van der Waals surface area contributed by atoms with E-state index in [0.717, 1.165) is 30.9 Å². The van der Waals surface area contributed by atoms with Gasteiger partial charge in [0.15, 0.2) is 11.0 Å². The molecule has 4 rings (SSSR count). The Morgan fingerprint density at radius 1 is 1.44 bits per heavy atom. The van der Waals surface area contributed by atoms with E-state index in [1.165, 1.54) is 18.3 Å². The van der Waals surface area contributed by atoms with E-state index in [0.29, 0.717) is 30.1 Å². The van der Waals surface area contributed by atoms with E-state index >= 15 is 0 Å². The molecule has 0 unspecified atom stereocenters. The molecule has 2 aliphatic rings. The normalized spacial score (nSPS) is 24.4. The second-order valence-electron chi connectivity index (χ2n) is 6.58. The highest BCUT2D eigenvalue weighted by Gasteiger charge is 2.37. The summed E-state index contributed by atoms with van der Waals surface area (Å²) in [5.41, 5.74) is 0.912. The van der Waals surface area contributed by atoms with Crippen LogP contribution in [0.25, 0.3) is 0 Å². The fourth-order valence-corrected chi connectivity index (χ4v) is 3.84. The Balaban J connectivity index is 1.51. The van der Waals surface area contributed by atoms with Crippen molar-refractivity contribution in [2.75, 3.05) is 18.5 Å². The van der Waals surface area contributed by atoms with Gasteiger partial charge in [-0.2, -0.15) is 4.98 Å². The molecular weight excluding hydrogens is 342 g/mol. The molecule has 1 saturated heterocycles. The van der Waals surface area contributed by atoms with Crippen molar-refractivity contribution < 1.29 is 14.1 Å². The van der Waals surface area contributed by atoms with Crippen LogP contribution in [0.15, 0.2) is 9.90 Å². The number of amides is 1. The number of hydrogen-bond acceptors (Lipinski definition) is 8. The zero-order valence-corrected chi connectivity index (χ0v) is 15.1. The lowest BCUT2D eigenvalue weighted by atomic mass is 10.1. The first-order valence-electron chi connectivity index (χ1n) is 8.51. The zero-order valence-electron chi connectivity index (χ0n) is 14.3. The molecule has 1 saturated carbocycles. The van der Waals surface area contributed by atoms with Gasteiger partial charge in [-0.1, -0.05) is 5.16 Å². The van der Waals surface area contributed by atoms with Crippen LogP contribution >= 0.6 is 11.3 Å². The first kappa shape index (κ1) is 16.6. The van der Waals surface area contributed by atoms with Crippen LogP contribution in [0.2, 0.25) is 0 Å². The van der Waals surface area contributed by atoms with Crippen molar-refractivity contribution in [1.82, 2.24) is 20.0 Å². The minimum atomic E-state index is -0.114. The van der Waals surface area contributed by atoms with E-state index in [4.69, 9.17) is 9.26 Å². The van der Waals surface area contributed by atoms with Crippen molar-refractivity contribution in [3.63, 3.8) is 0 Å². The molecule has 9 heteroatoms. The van der Waals surface area contributed by atoms with Crippen LogP contribution in [0.3, 0.4) is 0 Å². The first-order valence-corrected chi connectivity index (χ1v) is 9.39. The van der Waals surface area contributed by atoms with E-state index in [1.807, 2.05) is 12.3 Å². The van der Waals surface area contributed by atoms with Crippen molar-refractivity contribution in [3.8, 4) is 0 Å². The SMILES string of the molecule is CC(=O)Nc1nc(CN2CCO[C@H](C)[C@H]2c2nc(C3CC3)no2)cs1. The molecule has 3 heterocycles. The lowest BCUT2D eigenvalue weighted by Crippen LogP contribution is -2.43. The Hall–Kier alpha value is -1.84. The van der Waals surface area contributed by atoms with Crippen LogP contribution in [-0.4, -0.2) is 45.2 Å². The number of hydrogen-bond donors (Lipinski definition) is 1. The van der Waals surface area contributed by atoms with Gasteiger partial charge in [0.2, 0.25) is 11.8 Å². The standard InChI is InChI=1S/C16H21N5O3S/c1-9-13(15-19-14(20-24-15)11-3-4-11)21(5-6-23-9)7-12-8-25-16(18-12)17-10(2)22/h8-9,11,13H,3-7H2,1-2H3,(H,17,18,22)/t9-,13+/m1/s1. The molecule has 1 aliphatic carbocycles. The molecule has 8 nitrogen and oxygen atoms in total. The fraction of sp³-hybridized carbons (Fsp3) is 0.625. The minimum Gasteiger partial charge on any atom is -0.375 e. The van der Waals surface area contributed by atoms with Crippen LogP contribution in [0.5, 0.6) is 0 Å². The largest absolute Gasteiger partial charge is 0.375 e. The van der Waals surface area contributed by atoms with Gasteiger partial charge in [0, 0.05) is 31.3 Å². The lowest BCUT2D eigenvalue weighted by Gasteiger charge is -2.37. The summed E-state index contributed by atoms with van der Waals surface area (Å²) in [5.74, 6) is 1.78. The van der Waals surface area contributed by atoms with Gasteiger partial charge in [-0.25, -0.2) is 4.98 Å². The van der Waals surface area contributed by atoms with Gasteiger partial charge in [-0.15, -0.1) is 11.3 Å². The topological polar surface area (TPSA) is 93.4 Å². The number of nitrogens with zero attached hydrogens (tertiary/aromatic N) is 4. The predicted molar refractivity (Wildman–Crippen MR) is 91.3 cm³/mol. The van der Waals surface area contributed by atoms with E-state index in [1.54, 1.807) is 0 Å². The van der Waals surface area contributed by atoms with Crippen LogP contribution < -0.4 is 5.32 Å². The number of nitrogens with one attached hydrogen (secondary N) is 1. The molecule has 2 fully saturated rings. The Bertz CT molecular complexity index is 757. The number of morpholine rings is 1. The Labute approximate surface area is 149 Å². The molecule has 0 bridgehead atoms. The van der Waals surface area contributed by atoms with Crippen LogP contribution in [0, 0.1) is 0 Å². The van der Waals surface area contributed by atoms with Crippen molar-refractivity contribution in [2.45, 2.75) is 51.3 Å². The van der Waals surface area contributed by atoms with Gasteiger partial charge in [0.1, 0.15) is 6.04 Å². The highest BCUT2D eigenvalue weighted by Crippen LogP contribution is 2.39. The molecule has 134 valence electrons. The third-order valence-electron chi connectivity index (χ3n) is 4.45. The number of ether oxygens (including phenoxy) is 1. The van der Waals surface area contributed by atoms with Crippen molar-refractivity contribution in [1.29, 1.82) is 0 Å². The molecule has 1 aliphatic heterocycles. The summed E-state index contributed by atoms with van der Waals surface area (Å²) < 4.78 is 11.4. The third-order valence-corrected chi connectivity index (χ3v) is 5.26. The van der Waals surface area contributed by atoms with E-state index in [2.05, 4.69) is 25.3 Å². The van der Waals surface area contributed by atoms with Gasteiger partial charge in [0.05, 0.1) is 18.4 Å². The number of carbonyl (C=O) groups is 1. The van der Waals surface area contributed by atoms with Crippen LogP contribution in [0.1, 0.15) is 56.1 Å². The summed E-state index contributed by atoms with van der Waals surface area (Å²) >= 11 is 1.43. The summed E-state index contributed by atoms with van der Waals surface area (Å²) in [6, 6.07) is -0.0836. The maximum Gasteiger partial charge on any atom is 0.246 e. The highest BCUT2D eigenvalue weighted by atomic mass is 32.1. The molecule has 25 heavy (non-hydrogen) atoms. The maximum atomic E-state index is 11.2. The summed E-state index contributed by atoms with van der Waals surface area (Å²) in [6.45, 7) is 5.58. The van der Waals surface area contributed by atoms with E-state index in [9.17, 15) is 4.79 Å². The molecule has 0 radical (unpaired) electrons. The van der Waals surface area contributed by atoms with E-state index in [-0.39, 0.29) is 18.1 Å². The smallest absolute Gasteiger partial charge is 0.246 e. The number of anilines is 1. The zero-order chi connectivity index (χ0) is 17.4. The monoisotopic (exact) mass is 363 g/mol. The molecule has 2 atom stereocenters. The molecule has 2 aromatic heterocycles. The number of thiazole rings is 1. The first-order chi connectivity index (χ1) is 12.1. The average Bonchev–Trinajstić information content (AvgIpc) is 3.14. The average molecular weight is 363 g/mol. The van der Waals surface area contributed by atoms with Crippen LogP contribution in [-0.2, 0) is 16.1 Å². The Morgan fingerprint density at radius 3 is 3.04 bits per heavy atom. The van der Waals surface area contributed by atoms with Gasteiger partial charge in [-0.05, 0) is 19.8 Å². The van der Waals surface area contributed by atoms with Gasteiger partial charge < -0.3 is 14.6 Å². The summed E-state index contributed by atoms with van der Waals surface area (Å²) in [7, 11) is 0. The lowest BCUT2D eigenvalue weighted by molar-refractivity contribution is -0.114. The third kappa shape index (κ3) is 3.73. The second kappa shape index (κ2) is 6.81. The van der Waals surface area contributed by atoms with Crippen LogP contribution in [0.4, 0.5) is 5.13 Å². The van der Waals surface area contributed by atoms with Crippen molar-refractivity contribution in [2.24, 2.45) is 0 Å². The quantitative estimate of drug-likeness (QED) is 0.871. The Morgan fingerprint density at radius 2 is 2.28 bits per heavy atom. The minimum absolute atomic E-state index is 0.0327. The molecule has 0 spiro atoms. The molecule has 1 amide bonds. The predicted octanol–water partition coefficient (Wildman–Crippen LogP) is 2.32.